The summed E-state index contributed by atoms with van der Waals surface area (Å²) in [6.07, 6.45) is 0. The largest absolute Gasteiger partial charge is 0.485 e. The van der Waals surface area contributed by atoms with Crippen LogP contribution in [-0.4, -0.2) is 18.2 Å². The molecule has 0 radical (unpaired) electrons. The Kier molecular flexibility index (Phi) is 4.42. The fourth-order valence-electron chi connectivity index (χ4n) is 1.71. The van der Waals surface area contributed by atoms with Gasteiger partial charge in [0.15, 0.2) is 29.8 Å². The second kappa shape index (κ2) is 6.26. The highest BCUT2D eigenvalue weighted by Crippen LogP contribution is 2.15. The monoisotopic (exact) mass is 290 g/mol. The fraction of sp³-hybridized carbons (Fsp3) is 0.125. The van der Waals surface area contributed by atoms with Crippen LogP contribution in [0.1, 0.15) is 27.6 Å². The molecule has 0 fully saturated rings. The zero-order valence-electron chi connectivity index (χ0n) is 11.2. The molecule has 5 heteroatoms. The van der Waals surface area contributed by atoms with Gasteiger partial charge >= 0.3 is 0 Å². The molecule has 21 heavy (non-hydrogen) atoms. The molecule has 2 rings (SSSR count). The van der Waals surface area contributed by atoms with Crippen LogP contribution >= 0.6 is 0 Å². The predicted molar refractivity (Wildman–Crippen MR) is 72.6 cm³/mol. The Morgan fingerprint density at radius 1 is 1.00 bits per heavy atom. The SMILES string of the molecule is CC(=O)c1cccc(OCC(=O)c2ccc(F)c(F)c2)c1. The number of Topliss-reactive ketones (excluding diaryl/α,β-unsaturated/α-hetero) is 2. The van der Waals surface area contributed by atoms with Crippen LogP contribution in [0.2, 0.25) is 0 Å². The summed E-state index contributed by atoms with van der Waals surface area (Å²) in [5.41, 5.74) is 0.490. The van der Waals surface area contributed by atoms with Gasteiger partial charge in [0.2, 0.25) is 0 Å². The lowest BCUT2D eigenvalue weighted by atomic mass is 10.1. The maximum absolute atomic E-state index is 13.0. The standard InChI is InChI=1S/C16H12F2O3/c1-10(19)11-3-2-4-13(7-11)21-9-16(20)12-5-6-14(17)15(18)8-12/h2-8H,9H2,1H3. The third-order valence-electron chi connectivity index (χ3n) is 2.85. The molecule has 0 aromatic heterocycles. The van der Waals surface area contributed by atoms with Crippen LogP contribution in [0.3, 0.4) is 0 Å². The van der Waals surface area contributed by atoms with Crippen molar-refractivity contribution in [3.8, 4) is 5.75 Å². The molecule has 0 aliphatic heterocycles. The Bertz CT molecular complexity index is 696. The predicted octanol–water partition coefficient (Wildman–Crippen LogP) is 3.43. The van der Waals surface area contributed by atoms with Gasteiger partial charge in [0.25, 0.3) is 0 Å². The molecule has 0 aliphatic carbocycles. The third kappa shape index (κ3) is 3.72. The first-order valence-electron chi connectivity index (χ1n) is 6.19. The van der Waals surface area contributed by atoms with Gasteiger partial charge in [0, 0.05) is 11.1 Å². The van der Waals surface area contributed by atoms with Gasteiger partial charge in [-0.3, -0.25) is 9.59 Å². The van der Waals surface area contributed by atoms with Crippen LogP contribution in [-0.2, 0) is 0 Å². The van der Waals surface area contributed by atoms with Gasteiger partial charge in [0.05, 0.1) is 0 Å². The Balaban J connectivity index is 2.05. The summed E-state index contributed by atoms with van der Waals surface area (Å²) < 4.78 is 31.1. The zero-order valence-corrected chi connectivity index (χ0v) is 11.2. The van der Waals surface area contributed by atoms with Crippen molar-refractivity contribution in [1.29, 1.82) is 0 Å². The summed E-state index contributed by atoms with van der Waals surface area (Å²) in [6.45, 7) is 1.10. The molecule has 3 nitrogen and oxygen atoms in total. The molecule has 0 N–H and O–H groups in total. The van der Waals surface area contributed by atoms with Crippen LogP contribution in [0.4, 0.5) is 8.78 Å². The lowest BCUT2D eigenvalue weighted by molar-refractivity contribution is 0.0921. The molecule has 0 saturated heterocycles. The van der Waals surface area contributed by atoms with Crippen molar-refractivity contribution in [3.63, 3.8) is 0 Å². The summed E-state index contributed by atoms with van der Waals surface area (Å²) in [5.74, 6) is -2.34. The van der Waals surface area contributed by atoms with E-state index in [1.165, 1.54) is 19.1 Å². The minimum absolute atomic E-state index is 0.0247. The first kappa shape index (κ1) is 14.8. The number of hydrogen-bond acceptors (Lipinski definition) is 3. The number of carbonyl (C=O) groups excluding carboxylic acids is 2. The Morgan fingerprint density at radius 2 is 1.76 bits per heavy atom. The van der Waals surface area contributed by atoms with Crippen molar-refractivity contribution in [1.82, 2.24) is 0 Å². The summed E-state index contributed by atoms with van der Waals surface area (Å²) in [6, 6.07) is 9.29. The normalized spacial score (nSPS) is 10.2. The summed E-state index contributed by atoms with van der Waals surface area (Å²) in [7, 11) is 0. The van der Waals surface area contributed by atoms with Crippen LogP contribution in [0.15, 0.2) is 42.5 Å². The average Bonchev–Trinajstić information content (AvgIpc) is 2.48. The molecule has 2 aromatic rings. The smallest absolute Gasteiger partial charge is 0.200 e. The van der Waals surface area contributed by atoms with Gasteiger partial charge in [-0.15, -0.1) is 0 Å². The van der Waals surface area contributed by atoms with Gasteiger partial charge in [-0.05, 0) is 37.3 Å². The van der Waals surface area contributed by atoms with Gasteiger partial charge in [0.1, 0.15) is 5.75 Å². The van der Waals surface area contributed by atoms with Crippen LogP contribution in [0.25, 0.3) is 0 Å². The van der Waals surface area contributed by atoms with E-state index >= 15 is 0 Å². The van der Waals surface area contributed by atoms with Crippen LogP contribution in [0, 0.1) is 11.6 Å². The molecule has 0 unspecified atom stereocenters. The van der Waals surface area contributed by atoms with E-state index in [0.29, 0.717) is 11.3 Å². The van der Waals surface area contributed by atoms with Gasteiger partial charge in [-0.2, -0.15) is 0 Å². The molecule has 0 aliphatic rings. The minimum atomic E-state index is -1.08. The highest BCUT2D eigenvalue weighted by molar-refractivity contribution is 5.97. The van der Waals surface area contributed by atoms with E-state index in [1.54, 1.807) is 18.2 Å². The molecular weight excluding hydrogens is 278 g/mol. The number of ether oxygens (including phenoxy) is 1. The Morgan fingerprint density at radius 3 is 2.43 bits per heavy atom. The number of ketones is 2. The maximum atomic E-state index is 13.0. The van der Waals surface area contributed by atoms with Crippen molar-refractivity contribution in [3.05, 3.63) is 65.2 Å². The van der Waals surface area contributed by atoms with E-state index in [2.05, 4.69) is 0 Å². The molecule has 0 spiro atoms. The molecule has 0 amide bonds. The number of hydrogen-bond donors (Lipinski definition) is 0. The lowest BCUT2D eigenvalue weighted by Crippen LogP contribution is -2.12. The summed E-state index contributed by atoms with van der Waals surface area (Å²) in [5, 5.41) is 0. The van der Waals surface area contributed by atoms with E-state index in [4.69, 9.17) is 4.74 Å². The molecular formula is C16H12F2O3. The molecule has 0 saturated carbocycles. The first-order valence-corrected chi connectivity index (χ1v) is 6.19. The molecule has 0 heterocycles. The van der Waals surface area contributed by atoms with Crippen molar-refractivity contribution in [2.75, 3.05) is 6.61 Å². The molecule has 2 aromatic carbocycles. The van der Waals surface area contributed by atoms with E-state index in [0.717, 1.165) is 12.1 Å². The first-order chi connectivity index (χ1) is 9.97. The van der Waals surface area contributed by atoms with Gasteiger partial charge in [-0.25, -0.2) is 8.78 Å². The average molecular weight is 290 g/mol. The topological polar surface area (TPSA) is 43.4 Å². The van der Waals surface area contributed by atoms with E-state index < -0.39 is 17.4 Å². The number of benzene rings is 2. The minimum Gasteiger partial charge on any atom is -0.485 e. The number of rotatable bonds is 5. The maximum Gasteiger partial charge on any atom is 0.200 e. The zero-order chi connectivity index (χ0) is 15.4. The van der Waals surface area contributed by atoms with Gasteiger partial charge < -0.3 is 4.74 Å². The van der Waals surface area contributed by atoms with Crippen LogP contribution < -0.4 is 4.74 Å². The molecule has 0 atom stereocenters. The van der Waals surface area contributed by atoms with Crippen molar-refractivity contribution in [2.24, 2.45) is 0 Å². The van der Waals surface area contributed by atoms with Crippen molar-refractivity contribution in [2.45, 2.75) is 6.92 Å². The molecule has 108 valence electrons. The van der Waals surface area contributed by atoms with E-state index in [1.807, 2.05) is 0 Å². The number of carbonyl (C=O) groups is 2. The quantitative estimate of drug-likeness (QED) is 0.792. The third-order valence-corrected chi connectivity index (χ3v) is 2.85. The molecule has 0 bridgehead atoms. The van der Waals surface area contributed by atoms with E-state index in [9.17, 15) is 18.4 Å². The van der Waals surface area contributed by atoms with Gasteiger partial charge in [-0.1, -0.05) is 12.1 Å². The second-order valence-electron chi connectivity index (χ2n) is 4.42. The highest BCUT2D eigenvalue weighted by atomic mass is 19.2. The second-order valence-corrected chi connectivity index (χ2v) is 4.42. The van der Waals surface area contributed by atoms with Crippen molar-refractivity contribution >= 4 is 11.6 Å². The Hall–Kier alpha value is -2.56. The summed E-state index contributed by atoms with van der Waals surface area (Å²) >= 11 is 0. The summed E-state index contributed by atoms with van der Waals surface area (Å²) in [4.78, 5) is 23.0. The van der Waals surface area contributed by atoms with Crippen LogP contribution in [0.5, 0.6) is 5.75 Å². The van der Waals surface area contributed by atoms with Crippen molar-refractivity contribution < 1.29 is 23.1 Å². The number of halogens is 2. The fourth-order valence-corrected chi connectivity index (χ4v) is 1.71. The Labute approximate surface area is 120 Å². The van der Waals surface area contributed by atoms with E-state index in [-0.39, 0.29) is 18.0 Å². The highest BCUT2D eigenvalue weighted by Gasteiger charge is 2.11. The lowest BCUT2D eigenvalue weighted by Gasteiger charge is -2.07.